The monoisotopic (exact) mass is 161 g/mol. The van der Waals surface area contributed by atoms with Gasteiger partial charge in [-0.05, 0) is 29.9 Å². The highest BCUT2D eigenvalue weighted by Gasteiger charge is 1.98. The van der Waals surface area contributed by atoms with Crippen LogP contribution in [-0.4, -0.2) is 0 Å². The summed E-state index contributed by atoms with van der Waals surface area (Å²) in [7, 11) is 0. The van der Waals surface area contributed by atoms with Gasteiger partial charge in [-0.1, -0.05) is 45.0 Å². The van der Waals surface area contributed by atoms with E-state index in [2.05, 4.69) is 51.5 Å². The molecule has 0 spiro atoms. The van der Waals surface area contributed by atoms with Crippen LogP contribution in [0.5, 0.6) is 0 Å². The molecule has 0 aliphatic heterocycles. The Morgan fingerprint density at radius 3 is 2.67 bits per heavy atom. The van der Waals surface area contributed by atoms with Crippen molar-refractivity contribution in [3.05, 3.63) is 41.8 Å². The van der Waals surface area contributed by atoms with Gasteiger partial charge in [0, 0.05) is 0 Å². The largest absolute Gasteiger partial charge is 0.0619 e. The Kier molecular flexibility index (Phi) is 3.33. The molecule has 0 unspecified atom stereocenters. The SMILES string of the molecule is C[CH]Cc1cccc(C(C)C)c1. The average Bonchev–Trinajstić information content (AvgIpc) is 2.05. The van der Waals surface area contributed by atoms with Gasteiger partial charge in [0.1, 0.15) is 0 Å². The Labute approximate surface area is 75.6 Å². The highest BCUT2D eigenvalue weighted by Crippen LogP contribution is 2.15. The highest BCUT2D eigenvalue weighted by molar-refractivity contribution is 5.26. The maximum absolute atomic E-state index is 2.30. The second kappa shape index (κ2) is 4.30. The smallest absolute Gasteiger partial charge is 0.0219 e. The van der Waals surface area contributed by atoms with Gasteiger partial charge in [-0.15, -0.1) is 0 Å². The predicted octanol–water partition coefficient (Wildman–Crippen LogP) is 3.58. The van der Waals surface area contributed by atoms with E-state index in [0.29, 0.717) is 5.92 Å². The van der Waals surface area contributed by atoms with E-state index in [1.54, 1.807) is 0 Å². The summed E-state index contributed by atoms with van der Waals surface area (Å²) in [6.45, 7) is 6.56. The van der Waals surface area contributed by atoms with Crippen molar-refractivity contribution in [2.45, 2.75) is 33.1 Å². The van der Waals surface area contributed by atoms with Crippen LogP contribution in [0.4, 0.5) is 0 Å². The minimum atomic E-state index is 0.641. The van der Waals surface area contributed by atoms with Gasteiger partial charge < -0.3 is 0 Å². The van der Waals surface area contributed by atoms with Crippen LogP contribution in [0.2, 0.25) is 0 Å². The predicted molar refractivity (Wildman–Crippen MR) is 54.2 cm³/mol. The molecule has 0 aliphatic rings. The molecule has 0 nitrogen and oxygen atoms in total. The molecule has 1 aromatic rings. The van der Waals surface area contributed by atoms with E-state index in [-0.39, 0.29) is 0 Å². The summed E-state index contributed by atoms with van der Waals surface area (Å²) >= 11 is 0. The lowest BCUT2D eigenvalue weighted by molar-refractivity contribution is 0.863. The minimum absolute atomic E-state index is 0.641. The maximum Gasteiger partial charge on any atom is -0.0219 e. The van der Waals surface area contributed by atoms with Crippen molar-refractivity contribution in [3.8, 4) is 0 Å². The lowest BCUT2D eigenvalue weighted by Gasteiger charge is -2.06. The fourth-order valence-corrected chi connectivity index (χ4v) is 1.31. The Morgan fingerprint density at radius 2 is 2.08 bits per heavy atom. The van der Waals surface area contributed by atoms with Gasteiger partial charge in [0.2, 0.25) is 0 Å². The Morgan fingerprint density at radius 1 is 1.33 bits per heavy atom. The van der Waals surface area contributed by atoms with Crippen molar-refractivity contribution in [2.75, 3.05) is 0 Å². The average molecular weight is 161 g/mol. The van der Waals surface area contributed by atoms with Crippen molar-refractivity contribution in [2.24, 2.45) is 0 Å². The standard InChI is InChI=1S/C12H17/c1-4-6-11-7-5-8-12(9-11)10(2)3/h4-5,7-10H,6H2,1-3H3. The first kappa shape index (κ1) is 9.31. The fraction of sp³-hybridized carbons (Fsp3) is 0.417. The van der Waals surface area contributed by atoms with Crippen LogP contribution in [0.25, 0.3) is 0 Å². The third-order valence-electron chi connectivity index (χ3n) is 2.06. The van der Waals surface area contributed by atoms with Crippen LogP contribution in [-0.2, 0) is 6.42 Å². The first-order valence-corrected chi connectivity index (χ1v) is 4.60. The summed E-state index contributed by atoms with van der Waals surface area (Å²) in [4.78, 5) is 0. The Bertz CT molecular complexity index is 236. The molecule has 65 valence electrons. The molecular formula is C12H17. The van der Waals surface area contributed by atoms with E-state index in [9.17, 15) is 0 Å². The molecule has 0 N–H and O–H groups in total. The molecule has 12 heavy (non-hydrogen) atoms. The summed E-state index contributed by atoms with van der Waals surface area (Å²) < 4.78 is 0. The zero-order chi connectivity index (χ0) is 8.97. The summed E-state index contributed by atoms with van der Waals surface area (Å²) in [6.07, 6.45) is 3.28. The van der Waals surface area contributed by atoms with Crippen molar-refractivity contribution in [1.82, 2.24) is 0 Å². The molecule has 0 saturated heterocycles. The second-order valence-corrected chi connectivity index (χ2v) is 3.51. The quantitative estimate of drug-likeness (QED) is 0.635. The number of benzene rings is 1. The lowest BCUT2D eigenvalue weighted by Crippen LogP contribution is -1.90. The zero-order valence-corrected chi connectivity index (χ0v) is 8.17. The molecule has 0 aliphatic carbocycles. The van der Waals surface area contributed by atoms with Crippen LogP contribution in [0.1, 0.15) is 37.8 Å². The van der Waals surface area contributed by atoms with E-state index in [4.69, 9.17) is 0 Å². The van der Waals surface area contributed by atoms with E-state index in [0.717, 1.165) is 6.42 Å². The summed E-state index contributed by atoms with van der Waals surface area (Å²) in [5.41, 5.74) is 2.86. The normalized spacial score (nSPS) is 10.7. The second-order valence-electron chi connectivity index (χ2n) is 3.51. The van der Waals surface area contributed by atoms with Gasteiger partial charge in [-0.3, -0.25) is 0 Å². The third kappa shape index (κ3) is 2.37. The molecule has 1 radical (unpaired) electrons. The molecule has 0 bridgehead atoms. The van der Waals surface area contributed by atoms with Crippen LogP contribution in [0, 0.1) is 6.42 Å². The molecule has 0 saturated carbocycles. The molecule has 0 heterocycles. The molecular weight excluding hydrogens is 144 g/mol. The van der Waals surface area contributed by atoms with Gasteiger partial charge in [0.15, 0.2) is 0 Å². The van der Waals surface area contributed by atoms with E-state index in [1.165, 1.54) is 11.1 Å². The fourth-order valence-electron chi connectivity index (χ4n) is 1.31. The summed E-state index contributed by atoms with van der Waals surface area (Å²) in [6, 6.07) is 8.83. The van der Waals surface area contributed by atoms with Crippen LogP contribution in [0.15, 0.2) is 24.3 Å². The van der Waals surface area contributed by atoms with Gasteiger partial charge >= 0.3 is 0 Å². The van der Waals surface area contributed by atoms with Gasteiger partial charge in [0.25, 0.3) is 0 Å². The van der Waals surface area contributed by atoms with Crippen LogP contribution < -0.4 is 0 Å². The molecule has 0 heteroatoms. The van der Waals surface area contributed by atoms with Crippen LogP contribution >= 0.6 is 0 Å². The van der Waals surface area contributed by atoms with Crippen molar-refractivity contribution < 1.29 is 0 Å². The number of hydrogen-bond acceptors (Lipinski definition) is 0. The molecule has 1 aromatic carbocycles. The molecule has 0 aromatic heterocycles. The van der Waals surface area contributed by atoms with Crippen molar-refractivity contribution in [1.29, 1.82) is 0 Å². The molecule has 1 rings (SSSR count). The van der Waals surface area contributed by atoms with E-state index in [1.807, 2.05) is 0 Å². The van der Waals surface area contributed by atoms with Crippen molar-refractivity contribution >= 4 is 0 Å². The van der Waals surface area contributed by atoms with Gasteiger partial charge in [0.05, 0.1) is 0 Å². The Hall–Kier alpha value is -0.780. The highest BCUT2D eigenvalue weighted by atomic mass is 14.0. The van der Waals surface area contributed by atoms with E-state index < -0.39 is 0 Å². The minimum Gasteiger partial charge on any atom is -0.0619 e. The molecule has 0 amide bonds. The first-order valence-electron chi connectivity index (χ1n) is 4.60. The topological polar surface area (TPSA) is 0 Å². The van der Waals surface area contributed by atoms with Crippen molar-refractivity contribution in [3.63, 3.8) is 0 Å². The van der Waals surface area contributed by atoms with Gasteiger partial charge in [-0.2, -0.15) is 0 Å². The van der Waals surface area contributed by atoms with Crippen LogP contribution in [0.3, 0.4) is 0 Å². The zero-order valence-electron chi connectivity index (χ0n) is 8.17. The van der Waals surface area contributed by atoms with E-state index >= 15 is 0 Å². The lowest BCUT2D eigenvalue weighted by atomic mass is 9.99. The number of hydrogen-bond donors (Lipinski definition) is 0. The molecule has 0 fully saturated rings. The summed E-state index contributed by atoms with van der Waals surface area (Å²) in [5.74, 6) is 0.641. The Balaban J connectivity index is 2.81. The molecule has 0 atom stereocenters. The third-order valence-corrected chi connectivity index (χ3v) is 2.06. The van der Waals surface area contributed by atoms with Gasteiger partial charge in [-0.25, -0.2) is 0 Å². The number of rotatable bonds is 3. The maximum atomic E-state index is 2.30. The summed E-state index contributed by atoms with van der Waals surface area (Å²) in [5, 5.41) is 0. The first-order chi connectivity index (χ1) is 5.74.